The van der Waals surface area contributed by atoms with Crippen LogP contribution in [0, 0.1) is 5.82 Å². The highest BCUT2D eigenvalue weighted by Gasteiger charge is 2.25. The number of benzene rings is 1. The number of nitrogens with one attached hydrogen (secondary N) is 1. The van der Waals surface area contributed by atoms with Crippen LogP contribution in [0.4, 0.5) is 9.18 Å². The maximum absolute atomic E-state index is 14.0. The van der Waals surface area contributed by atoms with E-state index in [1.54, 1.807) is 47.6 Å². The van der Waals surface area contributed by atoms with Gasteiger partial charge >= 0.3 is 12.1 Å². The summed E-state index contributed by atoms with van der Waals surface area (Å²) in [5.74, 6) is -1.18. The van der Waals surface area contributed by atoms with Gasteiger partial charge in [-0.1, -0.05) is 23.2 Å². The lowest BCUT2D eigenvalue weighted by Gasteiger charge is -2.24. The van der Waals surface area contributed by atoms with Gasteiger partial charge in [0, 0.05) is 11.8 Å². The van der Waals surface area contributed by atoms with Gasteiger partial charge in [0.05, 0.1) is 29.1 Å². The molecule has 0 aliphatic heterocycles. The summed E-state index contributed by atoms with van der Waals surface area (Å²) >= 11 is 12.0. The van der Waals surface area contributed by atoms with E-state index in [0.29, 0.717) is 5.56 Å². The van der Waals surface area contributed by atoms with Crippen molar-refractivity contribution in [2.24, 2.45) is 0 Å². The number of hydrogen-bond acceptors (Lipinski definition) is 9. The molecule has 1 N–H and O–H groups in total. The first kappa shape index (κ1) is 30.0. The average molecular weight is 583 g/mol. The van der Waals surface area contributed by atoms with Crippen molar-refractivity contribution in [3.05, 3.63) is 46.3 Å². The minimum atomic E-state index is -0.752. The number of alkyl carbamates (subject to hydrolysis) is 1. The number of aromatic nitrogens is 5. The Morgan fingerprint density at radius 2 is 1.77 bits per heavy atom. The summed E-state index contributed by atoms with van der Waals surface area (Å²) in [5.41, 5.74) is -0.938. The summed E-state index contributed by atoms with van der Waals surface area (Å²) < 4.78 is 30.2. The first-order chi connectivity index (χ1) is 18.1. The second-order valence-electron chi connectivity index (χ2n) is 10.5. The molecule has 3 rings (SSSR count). The van der Waals surface area contributed by atoms with Crippen molar-refractivity contribution in [1.82, 2.24) is 30.5 Å². The molecule has 1 aromatic carbocycles. The Labute approximate surface area is 234 Å². The third-order valence-corrected chi connectivity index (χ3v) is 5.06. The summed E-state index contributed by atoms with van der Waals surface area (Å²) in [6.07, 6.45) is 0.393. The van der Waals surface area contributed by atoms with Gasteiger partial charge in [-0.2, -0.15) is 4.80 Å². The first-order valence-electron chi connectivity index (χ1n) is 11.9. The minimum absolute atomic E-state index is 0.00191. The van der Waals surface area contributed by atoms with Gasteiger partial charge in [-0.25, -0.2) is 14.2 Å². The largest absolute Gasteiger partial charge is 0.460 e. The van der Waals surface area contributed by atoms with Crippen LogP contribution in [-0.4, -0.2) is 54.5 Å². The summed E-state index contributed by atoms with van der Waals surface area (Å²) in [5, 5.41) is 15.3. The molecular formula is C25H29Cl2FN6O5. The number of carbonyl (C=O) groups is 2. The first-order valence-corrected chi connectivity index (χ1v) is 12.6. The molecule has 0 aliphatic rings. The van der Waals surface area contributed by atoms with Crippen molar-refractivity contribution < 1.29 is 28.2 Å². The highest BCUT2D eigenvalue weighted by atomic mass is 35.5. The van der Waals surface area contributed by atoms with Gasteiger partial charge in [0.2, 0.25) is 5.82 Å². The Bertz CT molecular complexity index is 1310. The average Bonchev–Trinajstić information content (AvgIpc) is 3.22. The number of amides is 1. The Morgan fingerprint density at radius 3 is 2.38 bits per heavy atom. The zero-order valence-electron chi connectivity index (χ0n) is 22.3. The molecule has 0 bridgehead atoms. The minimum Gasteiger partial charge on any atom is -0.460 e. The highest BCUT2D eigenvalue weighted by molar-refractivity contribution is 6.32. The van der Waals surface area contributed by atoms with Gasteiger partial charge in [-0.15, -0.1) is 10.2 Å². The van der Waals surface area contributed by atoms with Crippen molar-refractivity contribution >= 4 is 35.3 Å². The van der Waals surface area contributed by atoms with Crippen LogP contribution in [0.1, 0.15) is 48.0 Å². The van der Waals surface area contributed by atoms with E-state index in [4.69, 9.17) is 37.4 Å². The molecule has 0 saturated heterocycles. The van der Waals surface area contributed by atoms with Gasteiger partial charge in [-0.3, -0.25) is 4.79 Å². The van der Waals surface area contributed by atoms with Gasteiger partial charge < -0.3 is 19.5 Å². The number of tetrazole rings is 1. The quantitative estimate of drug-likeness (QED) is 0.337. The van der Waals surface area contributed by atoms with Gasteiger partial charge in [0.1, 0.15) is 17.0 Å². The Balaban J connectivity index is 1.74. The number of halogens is 3. The molecule has 0 aliphatic carbocycles. The zero-order valence-corrected chi connectivity index (χ0v) is 23.8. The molecule has 0 radical (unpaired) electrons. The summed E-state index contributed by atoms with van der Waals surface area (Å²) in [4.78, 5) is 29.9. The SMILES string of the molecule is CC(C)(C)OC(=O)C[C@@H](Cn1nnc(-c2ccc(Oc3ncc(Cl)cc3F)c(Cl)c2)n1)NC(=O)OC(C)(C)C. The van der Waals surface area contributed by atoms with E-state index >= 15 is 0 Å². The molecule has 0 saturated carbocycles. The molecule has 1 amide bonds. The van der Waals surface area contributed by atoms with Crippen molar-refractivity contribution in [3.8, 4) is 23.0 Å². The molecule has 0 spiro atoms. The van der Waals surface area contributed by atoms with Gasteiger partial charge in [0.25, 0.3) is 5.88 Å². The lowest BCUT2D eigenvalue weighted by molar-refractivity contribution is -0.155. The molecule has 210 valence electrons. The fourth-order valence-electron chi connectivity index (χ4n) is 3.16. The van der Waals surface area contributed by atoms with E-state index in [9.17, 15) is 14.0 Å². The van der Waals surface area contributed by atoms with Crippen LogP contribution in [0.3, 0.4) is 0 Å². The number of nitrogens with zero attached hydrogens (tertiary/aromatic N) is 5. The second-order valence-corrected chi connectivity index (χ2v) is 11.3. The standard InChI is InChI=1S/C25H29Cl2FN6O5/c1-24(2,3)38-20(35)11-16(30-23(36)39-25(4,5)6)13-34-32-21(31-33-34)14-7-8-19(17(27)9-14)37-22-18(28)10-15(26)12-29-22/h7-10,12,16H,11,13H2,1-6H3,(H,30,36)/t16-/m0/s1. The smallest absolute Gasteiger partial charge is 0.407 e. The van der Waals surface area contributed by atoms with Crippen molar-refractivity contribution in [3.63, 3.8) is 0 Å². The number of esters is 1. The Morgan fingerprint density at radius 1 is 1.08 bits per heavy atom. The molecule has 39 heavy (non-hydrogen) atoms. The van der Waals surface area contributed by atoms with Gasteiger partial charge in [0.15, 0.2) is 5.82 Å². The lowest BCUT2D eigenvalue weighted by Crippen LogP contribution is -2.43. The number of hydrogen-bond donors (Lipinski definition) is 1. The number of ether oxygens (including phenoxy) is 3. The van der Waals surface area contributed by atoms with E-state index < -0.39 is 35.1 Å². The predicted octanol–water partition coefficient (Wildman–Crippen LogP) is 5.60. The molecular weight excluding hydrogens is 554 g/mol. The normalized spacial score (nSPS) is 12.5. The highest BCUT2D eigenvalue weighted by Crippen LogP contribution is 2.33. The molecule has 2 heterocycles. The maximum atomic E-state index is 14.0. The van der Waals surface area contributed by atoms with Crippen molar-refractivity contribution in [1.29, 1.82) is 0 Å². The van der Waals surface area contributed by atoms with Gasteiger partial charge in [-0.05, 0) is 71.0 Å². The third kappa shape index (κ3) is 9.63. The van der Waals surface area contributed by atoms with E-state index in [1.165, 1.54) is 23.1 Å². The Kier molecular flexibility index (Phi) is 9.34. The van der Waals surface area contributed by atoms with Crippen LogP contribution in [0.5, 0.6) is 11.6 Å². The van der Waals surface area contributed by atoms with Crippen molar-refractivity contribution in [2.45, 2.75) is 71.8 Å². The molecule has 2 aromatic heterocycles. The van der Waals surface area contributed by atoms with Crippen molar-refractivity contribution in [2.75, 3.05) is 0 Å². The fraction of sp³-hybridized carbons (Fsp3) is 0.440. The predicted molar refractivity (Wildman–Crippen MR) is 141 cm³/mol. The topological polar surface area (TPSA) is 130 Å². The number of carbonyl (C=O) groups excluding carboxylic acids is 2. The Hall–Kier alpha value is -3.51. The second kappa shape index (κ2) is 12.1. The zero-order chi connectivity index (χ0) is 29.0. The van der Waals surface area contributed by atoms with Crippen LogP contribution in [-0.2, 0) is 20.8 Å². The summed E-state index contributed by atoms with van der Waals surface area (Å²) in [7, 11) is 0. The summed E-state index contributed by atoms with van der Waals surface area (Å²) in [6, 6.07) is 4.94. The van der Waals surface area contributed by atoms with Crippen LogP contribution in [0.25, 0.3) is 11.4 Å². The van der Waals surface area contributed by atoms with Crippen LogP contribution < -0.4 is 10.1 Å². The molecule has 3 aromatic rings. The van der Waals surface area contributed by atoms with E-state index in [2.05, 4.69) is 25.7 Å². The fourth-order valence-corrected chi connectivity index (χ4v) is 3.52. The third-order valence-electron chi connectivity index (χ3n) is 4.56. The van der Waals surface area contributed by atoms with E-state index in [-0.39, 0.29) is 40.5 Å². The van der Waals surface area contributed by atoms with E-state index in [0.717, 1.165) is 6.07 Å². The van der Waals surface area contributed by atoms with E-state index in [1.807, 2.05) is 0 Å². The number of pyridine rings is 1. The maximum Gasteiger partial charge on any atom is 0.407 e. The molecule has 1 atom stereocenters. The molecule has 0 unspecified atom stereocenters. The monoisotopic (exact) mass is 582 g/mol. The lowest BCUT2D eigenvalue weighted by atomic mass is 10.1. The van der Waals surface area contributed by atoms with Crippen LogP contribution in [0.15, 0.2) is 30.5 Å². The van der Waals surface area contributed by atoms with Crippen LogP contribution >= 0.6 is 23.2 Å². The number of rotatable bonds is 8. The molecule has 14 heteroatoms. The summed E-state index contributed by atoms with van der Waals surface area (Å²) in [6.45, 7) is 10.4. The molecule has 0 fully saturated rings. The van der Waals surface area contributed by atoms with Crippen LogP contribution in [0.2, 0.25) is 10.0 Å². The molecule has 11 nitrogen and oxygen atoms in total.